The Morgan fingerprint density at radius 2 is 1.65 bits per heavy atom. The highest BCUT2D eigenvalue weighted by Gasteiger charge is 2.45. The summed E-state index contributed by atoms with van der Waals surface area (Å²) < 4.78 is 0. The fraction of sp³-hybridized carbons (Fsp3) is 1.00. The van der Waals surface area contributed by atoms with Crippen LogP contribution in [0.4, 0.5) is 0 Å². The molecule has 3 heteroatoms. The van der Waals surface area contributed by atoms with Crippen LogP contribution in [0.1, 0.15) is 57.8 Å². The highest BCUT2D eigenvalue weighted by Crippen LogP contribution is 2.41. The fourth-order valence-corrected chi connectivity index (χ4v) is 4.22. The molecule has 0 radical (unpaired) electrons. The van der Waals surface area contributed by atoms with Gasteiger partial charge in [0.1, 0.15) is 0 Å². The van der Waals surface area contributed by atoms with Gasteiger partial charge in [-0.25, -0.2) is 0 Å². The van der Waals surface area contributed by atoms with Gasteiger partial charge < -0.3 is 4.90 Å². The van der Waals surface area contributed by atoms with E-state index in [0.29, 0.717) is 11.6 Å². The van der Waals surface area contributed by atoms with E-state index in [1.807, 2.05) is 0 Å². The molecule has 0 aliphatic heterocycles. The van der Waals surface area contributed by atoms with Crippen molar-refractivity contribution in [2.45, 2.75) is 69.4 Å². The molecule has 3 N–H and O–H groups in total. The number of hydrogen-bond donors (Lipinski definition) is 2. The van der Waals surface area contributed by atoms with E-state index in [4.69, 9.17) is 5.84 Å². The maximum absolute atomic E-state index is 5.93. The van der Waals surface area contributed by atoms with Crippen molar-refractivity contribution in [3.05, 3.63) is 0 Å². The molecule has 2 aliphatic rings. The highest BCUT2D eigenvalue weighted by atomic mass is 15.3. The van der Waals surface area contributed by atoms with Crippen LogP contribution < -0.4 is 11.3 Å². The molecule has 0 aromatic heterocycles. The van der Waals surface area contributed by atoms with Crippen LogP contribution in [-0.2, 0) is 0 Å². The lowest BCUT2D eigenvalue weighted by Gasteiger charge is -2.50. The number of nitrogens with zero attached hydrogens (tertiary/aromatic N) is 1. The third-order valence-corrected chi connectivity index (χ3v) is 5.24. The average Bonchev–Trinajstić information content (AvgIpc) is 2.84. The van der Waals surface area contributed by atoms with Gasteiger partial charge in [0.05, 0.1) is 0 Å². The van der Waals surface area contributed by atoms with Gasteiger partial charge in [0.2, 0.25) is 0 Å². The first-order valence-electron chi connectivity index (χ1n) is 7.34. The second kappa shape index (κ2) is 5.68. The minimum atomic E-state index is 0.308. The van der Waals surface area contributed by atoms with Crippen molar-refractivity contribution in [3.63, 3.8) is 0 Å². The van der Waals surface area contributed by atoms with Gasteiger partial charge in [-0.2, -0.15) is 0 Å². The summed E-state index contributed by atoms with van der Waals surface area (Å²) in [6, 6.07) is 0.486. The molecule has 2 saturated carbocycles. The molecule has 0 heterocycles. The van der Waals surface area contributed by atoms with Crippen molar-refractivity contribution < 1.29 is 0 Å². The molecule has 0 amide bonds. The van der Waals surface area contributed by atoms with E-state index in [0.717, 1.165) is 5.92 Å². The van der Waals surface area contributed by atoms with Crippen molar-refractivity contribution in [1.29, 1.82) is 0 Å². The molecule has 100 valence electrons. The number of hydrogen-bond acceptors (Lipinski definition) is 3. The maximum atomic E-state index is 5.93. The van der Waals surface area contributed by atoms with E-state index in [9.17, 15) is 0 Å². The zero-order valence-electron chi connectivity index (χ0n) is 11.5. The predicted octanol–water partition coefficient (Wildman–Crippen LogP) is 2.27. The van der Waals surface area contributed by atoms with E-state index >= 15 is 0 Å². The first-order chi connectivity index (χ1) is 8.20. The molecular weight excluding hydrogens is 210 g/mol. The molecule has 0 saturated heterocycles. The Morgan fingerprint density at radius 1 is 1.06 bits per heavy atom. The molecule has 0 aromatic carbocycles. The third kappa shape index (κ3) is 2.51. The maximum Gasteiger partial charge on any atom is 0.0422 e. The lowest BCUT2D eigenvalue weighted by atomic mass is 9.71. The standard InChI is InChI=1S/C14H29N3/c1-17(2)14(10-6-3-7-11-14)13(16-15)12-8-4-5-9-12/h12-13,16H,3-11,15H2,1-2H3. The summed E-state index contributed by atoms with van der Waals surface area (Å²) in [4.78, 5) is 2.45. The average molecular weight is 239 g/mol. The summed E-state index contributed by atoms with van der Waals surface area (Å²) in [5.41, 5.74) is 3.50. The Bertz CT molecular complexity index is 228. The van der Waals surface area contributed by atoms with E-state index in [1.165, 1.54) is 57.8 Å². The molecule has 2 rings (SSSR count). The SMILES string of the molecule is CN(C)C1(C(NN)C2CCCC2)CCCCC1. The van der Waals surface area contributed by atoms with Gasteiger partial charge >= 0.3 is 0 Å². The summed E-state index contributed by atoms with van der Waals surface area (Å²) in [7, 11) is 4.48. The number of nitrogens with two attached hydrogens (primary N) is 1. The van der Waals surface area contributed by atoms with Gasteiger partial charge in [0.25, 0.3) is 0 Å². The normalized spacial score (nSPS) is 27.5. The van der Waals surface area contributed by atoms with Gasteiger partial charge in [-0.1, -0.05) is 32.1 Å². The minimum absolute atomic E-state index is 0.308. The van der Waals surface area contributed by atoms with Crippen LogP contribution in [0.5, 0.6) is 0 Å². The van der Waals surface area contributed by atoms with Crippen LogP contribution in [0, 0.1) is 5.92 Å². The monoisotopic (exact) mass is 239 g/mol. The van der Waals surface area contributed by atoms with Gasteiger partial charge in [-0.15, -0.1) is 0 Å². The molecule has 3 nitrogen and oxygen atoms in total. The number of hydrazine groups is 1. The van der Waals surface area contributed by atoms with Crippen molar-refractivity contribution in [2.75, 3.05) is 14.1 Å². The number of nitrogens with one attached hydrogen (secondary N) is 1. The summed E-state index contributed by atoms with van der Waals surface area (Å²) in [6.07, 6.45) is 12.3. The van der Waals surface area contributed by atoms with E-state index < -0.39 is 0 Å². The Morgan fingerprint density at radius 3 is 2.12 bits per heavy atom. The third-order valence-electron chi connectivity index (χ3n) is 5.24. The topological polar surface area (TPSA) is 41.3 Å². The second-order valence-electron chi connectivity index (χ2n) is 6.25. The first kappa shape index (κ1) is 13.3. The molecular formula is C14H29N3. The second-order valence-corrected chi connectivity index (χ2v) is 6.25. The quantitative estimate of drug-likeness (QED) is 0.584. The number of rotatable bonds is 4. The Balaban J connectivity index is 2.16. The molecule has 1 atom stereocenters. The van der Waals surface area contributed by atoms with Crippen LogP contribution in [0.25, 0.3) is 0 Å². The summed E-state index contributed by atoms with van der Waals surface area (Å²) >= 11 is 0. The molecule has 1 unspecified atom stereocenters. The molecule has 17 heavy (non-hydrogen) atoms. The Labute approximate surface area is 106 Å². The predicted molar refractivity (Wildman–Crippen MR) is 72.6 cm³/mol. The van der Waals surface area contributed by atoms with Crippen molar-refractivity contribution in [2.24, 2.45) is 11.8 Å². The van der Waals surface area contributed by atoms with Crippen molar-refractivity contribution in [3.8, 4) is 0 Å². The zero-order chi connectivity index (χ0) is 12.3. The van der Waals surface area contributed by atoms with Crippen LogP contribution in [0.15, 0.2) is 0 Å². The summed E-state index contributed by atoms with van der Waals surface area (Å²) in [5, 5.41) is 0. The molecule has 0 spiro atoms. The fourth-order valence-electron chi connectivity index (χ4n) is 4.22. The van der Waals surface area contributed by atoms with E-state index in [2.05, 4.69) is 24.4 Å². The zero-order valence-corrected chi connectivity index (χ0v) is 11.5. The lowest BCUT2D eigenvalue weighted by molar-refractivity contribution is 0.0332. The van der Waals surface area contributed by atoms with Crippen LogP contribution in [0.2, 0.25) is 0 Å². The van der Waals surface area contributed by atoms with Gasteiger partial charge in [0.15, 0.2) is 0 Å². The summed E-state index contributed by atoms with van der Waals surface area (Å²) in [6.45, 7) is 0. The van der Waals surface area contributed by atoms with Gasteiger partial charge in [-0.05, 0) is 45.7 Å². The summed E-state index contributed by atoms with van der Waals surface area (Å²) in [5.74, 6) is 6.72. The number of likely N-dealkylation sites (N-methyl/N-ethyl adjacent to an activating group) is 1. The van der Waals surface area contributed by atoms with Gasteiger partial charge in [-0.3, -0.25) is 11.3 Å². The Hall–Kier alpha value is -0.120. The minimum Gasteiger partial charge on any atom is -0.302 e. The van der Waals surface area contributed by atoms with Crippen molar-refractivity contribution >= 4 is 0 Å². The largest absolute Gasteiger partial charge is 0.302 e. The molecule has 2 aliphatic carbocycles. The van der Waals surface area contributed by atoms with Gasteiger partial charge in [0, 0.05) is 11.6 Å². The van der Waals surface area contributed by atoms with E-state index in [-0.39, 0.29) is 0 Å². The molecule has 2 fully saturated rings. The van der Waals surface area contributed by atoms with Crippen LogP contribution >= 0.6 is 0 Å². The first-order valence-corrected chi connectivity index (χ1v) is 7.34. The van der Waals surface area contributed by atoms with Crippen LogP contribution in [0.3, 0.4) is 0 Å². The molecule has 0 aromatic rings. The van der Waals surface area contributed by atoms with E-state index in [1.54, 1.807) is 0 Å². The Kier molecular flexibility index (Phi) is 4.45. The lowest BCUT2D eigenvalue weighted by Crippen LogP contribution is -2.63. The highest BCUT2D eigenvalue weighted by molar-refractivity contribution is 5.03. The van der Waals surface area contributed by atoms with Crippen LogP contribution in [-0.4, -0.2) is 30.6 Å². The van der Waals surface area contributed by atoms with Crippen molar-refractivity contribution in [1.82, 2.24) is 10.3 Å². The molecule has 0 bridgehead atoms. The smallest absolute Gasteiger partial charge is 0.0422 e.